The van der Waals surface area contributed by atoms with Crippen molar-refractivity contribution in [2.45, 2.75) is 6.61 Å². The number of hydrogen-bond donors (Lipinski definition) is 1. The number of ether oxygens (including phenoxy) is 1. The molecule has 1 aromatic carbocycles. The first kappa shape index (κ1) is 8.96. The van der Waals surface area contributed by atoms with E-state index in [1.807, 2.05) is 24.3 Å². The lowest BCUT2D eigenvalue weighted by molar-refractivity contribution is -0.255. The van der Waals surface area contributed by atoms with Gasteiger partial charge < -0.3 is 14.6 Å². The van der Waals surface area contributed by atoms with Gasteiger partial charge in [0.2, 0.25) is 0 Å². The lowest BCUT2D eigenvalue weighted by Crippen LogP contribution is -2.24. The molecule has 0 unspecified atom stereocenters. The van der Waals surface area contributed by atoms with Gasteiger partial charge in [-0.3, -0.25) is 5.10 Å². The lowest BCUT2D eigenvalue weighted by atomic mass is 10.0. The van der Waals surface area contributed by atoms with E-state index in [-0.39, 0.29) is 12.3 Å². The average Bonchev–Trinajstić information content (AvgIpc) is 2.73. The number of aromatic amines is 1. The molecule has 0 bridgehead atoms. The molecule has 0 saturated heterocycles. The fraction of sp³-hybridized carbons (Fsp3) is 0.0909. The molecule has 2 aromatic rings. The number of benzene rings is 1. The molecule has 16 heavy (non-hydrogen) atoms. The minimum absolute atomic E-state index is 0.00972. The monoisotopic (exact) mass is 215 g/mol. The first-order valence-electron chi connectivity index (χ1n) is 4.78. The van der Waals surface area contributed by atoms with Gasteiger partial charge in [-0.25, -0.2) is 0 Å². The summed E-state index contributed by atoms with van der Waals surface area (Å²) in [5.74, 6) is -0.553. The molecular formula is C11H7N2O3-. The summed E-state index contributed by atoms with van der Waals surface area (Å²) in [4.78, 5) is 10.8. The molecule has 0 amide bonds. The Morgan fingerprint density at radius 3 is 3.06 bits per heavy atom. The predicted molar refractivity (Wildman–Crippen MR) is 52.7 cm³/mol. The van der Waals surface area contributed by atoms with Crippen molar-refractivity contribution < 1.29 is 14.6 Å². The highest BCUT2D eigenvalue weighted by Gasteiger charge is 2.23. The zero-order valence-electron chi connectivity index (χ0n) is 8.19. The summed E-state index contributed by atoms with van der Waals surface area (Å²) in [6, 6.07) is 7.37. The second-order valence-corrected chi connectivity index (χ2v) is 3.50. The summed E-state index contributed by atoms with van der Waals surface area (Å²) in [6.45, 7) is 0.201. The van der Waals surface area contributed by atoms with Gasteiger partial charge in [0, 0.05) is 11.1 Å². The van der Waals surface area contributed by atoms with Crippen molar-refractivity contribution in [3.05, 3.63) is 35.5 Å². The normalized spacial score (nSPS) is 12.5. The molecule has 0 saturated carbocycles. The largest absolute Gasteiger partial charge is 0.543 e. The van der Waals surface area contributed by atoms with Crippen LogP contribution in [0.4, 0.5) is 0 Å². The molecule has 0 radical (unpaired) electrons. The molecule has 1 N–H and O–H groups in total. The molecule has 2 heterocycles. The van der Waals surface area contributed by atoms with Crippen molar-refractivity contribution >= 4 is 5.97 Å². The molecule has 5 heteroatoms. The van der Waals surface area contributed by atoms with Crippen LogP contribution in [0.25, 0.3) is 11.3 Å². The number of aromatic nitrogens is 2. The van der Waals surface area contributed by atoms with Crippen LogP contribution in [0.5, 0.6) is 5.75 Å². The van der Waals surface area contributed by atoms with Crippen LogP contribution in [0, 0.1) is 0 Å². The number of fused-ring (bicyclic) bond motifs is 3. The van der Waals surface area contributed by atoms with Crippen molar-refractivity contribution in [1.82, 2.24) is 10.2 Å². The Labute approximate surface area is 90.7 Å². The summed E-state index contributed by atoms with van der Waals surface area (Å²) in [5, 5.41) is 17.3. The molecule has 80 valence electrons. The molecule has 3 rings (SSSR count). The molecule has 1 aliphatic rings. The highest BCUT2D eigenvalue weighted by atomic mass is 16.5. The van der Waals surface area contributed by atoms with Crippen molar-refractivity contribution in [1.29, 1.82) is 0 Å². The molecular weight excluding hydrogens is 208 g/mol. The van der Waals surface area contributed by atoms with Crippen molar-refractivity contribution in [2.24, 2.45) is 0 Å². The maximum absolute atomic E-state index is 10.8. The van der Waals surface area contributed by atoms with Crippen molar-refractivity contribution in [3.63, 3.8) is 0 Å². The van der Waals surface area contributed by atoms with Gasteiger partial charge in [-0.15, -0.1) is 0 Å². The molecule has 0 fully saturated rings. The van der Waals surface area contributed by atoms with Gasteiger partial charge in [0.05, 0.1) is 11.7 Å². The fourth-order valence-corrected chi connectivity index (χ4v) is 1.84. The number of carbonyl (C=O) groups is 1. The van der Waals surface area contributed by atoms with Crippen molar-refractivity contribution in [2.75, 3.05) is 0 Å². The molecule has 5 nitrogen and oxygen atoms in total. The maximum Gasteiger partial charge on any atom is 0.129 e. The Morgan fingerprint density at radius 2 is 2.25 bits per heavy atom. The second kappa shape index (κ2) is 3.10. The first-order chi connectivity index (χ1) is 7.77. The van der Waals surface area contributed by atoms with Gasteiger partial charge in [-0.05, 0) is 12.1 Å². The van der Waals surface area contributed by atoms with E-state index in [2.05, 4.69) is 10.2 Å². The Hall–Kier alpha value is -2.30. The number of carbonyl (C=O) groups excluding carboxylic acids is 1. The Kier molecular flexibility index (Phi) is 1.73. The van der Waals surface area contributed by atoms with E-state index in [1.54, 1.807) is 0 Å². The van der Waals surface area contributed by atoms with Crippen molar-refractivity contribution in [3.8, 4) is 17.0 Å². The number of aromatic carboxylic acids is 1. The highest BCUT2D eigenvalue weighted by Crippen LogP contribution is 2.36. The van der Waals surface area contributed by atoms with E-state index in [1.165, 1.54) is 0 Å². The number of hydrogen-bond acceptors (Lipinski definition) is 4. The predicted octanol–water partition coefficient (Wildman–Crippen LogP) is 0.333. The third-order valence-electron chi connectivity index (χ3n) is 2.59. The standard InChI is InChI=1S/C11H8N2O3/c14-11(15)10-7-5-16-8-4-2-1-3-6(8)9(7)12-13-10/h1-4H,5H2,(H,12,13)(H,14,15)/p-1. The molecule has 0 atom stereocenters. The van der Waals surface area contributed by atoms with Crippen LogP contribution in [0.3, 0.4) is 0 Å². The van der Waals surface area contributed by atoms with Gasteiger partial charge in [-0.1, -0.05) is 12.1 Å². The summed E-state index contributed by atoms with van der Waals surface area (Å²) in [5.41, 5.74) is 1.96. The van der Waals surface area contributed by atoms with E-state index in [0.717, 1.165) is 5.56 Å². The number of carboxylic acid groups (broad SMARTS) is 1. The number of para-hydroxylation sites is 1. The number of carboxylic acids is 1. The highest BCUT2D eigenvalue weighted by molar-refractivity contribution is 5.89. The quantitative estimate of drug-likeness (QED) is 0.743. The Morgan fingerprint density at radius 1 is 1.44 bits per heavy atom. The third kappa shape index (κ3) is 1.11. The molecule has 1 aromatic heterocycles. The Balaban J connectivity index is 2.23. The molecule has 0 aliphatic carbocycles. The van der Waals surface area contributed by atoms with E-state index >= 15 is 0 Å². The van der Waals surface area contributed by atoms with Gasteiger partial charge >= 0.3 is 0 Å². The van der Waals surface area contributed by atoms with Gasteiger partial charge in [0.15, 0.2) is 0 Å². The lowest BCUT2D eigenvalue weighted by Gasteiger charge is -2.17. The molecule has 0 spiro atoms. The number of rotatable bonds is 1. The average molecular weight is 215 g/mol. The van der Waals surface area contributed by atoms with Crippen LogP contribution >= 0.6 is 0 Å². The third-order valence-corrected chi connectivity index (χ3v) is 2.59. The molecule has 1 aliphatic heterocycles. The summed E-state index contributed by atoms with van der Waals surface area (Å²) >= 11 is 0. The number of nitrogens with zero attached hydrogens (tertiary/aromatic N) is 1. The minimum Gasteiger partial charge on any atom is -0.543 e. The van der Waals surface area contributed by atoms with Gasteiger partial charge in [-0.2, -0.15) is 5.10 Å². The first-order valence-corrected chi connectivity index (χ1v) is 4.78. The Bertz CT molecular complexity index is 574. The van der Waals surface area contributed by atoms with E-state index in [4.69, 9.17) is 4.74 Å². The SMILES string of the molecule is O=C([O-])c1[nH]nc2c1COc1ccccc1-2. The zero-order valence-corrected chi connectivity index (χ0v) is 8.19. The van der Waals surface area contributed by atoms with E-state index in [0.29, 0.717) is 17.0 Å². The van der Waals surface area contributed by atoms with Crippen LogP contribution < -0.4 is 9.84 Å². The summed E-state index contributed by atoms with van der Waals surface area (Å²) < 4.78 is 5.45. The van der Waals surface area contributed by atoms with E-state index in [9.17, 15) is 9.90 Å². The van der Waals surface area contributed by atoms with Crippen LogP contribution in [0.2, 0.25) is 0 Å². The van der Waals surface area contributed by atoms with Crippen LogP contribution in [0.15, 0.2) is 24.3 Å². The summed E-state index contributed by atoms with van der Waals surface area (Å²) in [6.07, 6.45) is 0. The van der Waals surface area contributed by atoms with E-state index < -0.39 is 5.97 Å². The van der Waals surface area contributed by atoms with Gasteiger partial charge in [0.1, 0.15) is 18.1 Å². The maximum atomic E-state index is 10.8. The van der Waals surface area contributed by atoms with Gasteiger partial charge in [0.25, 0.3) is 0 Å². The van der Waals surface area contributed by atoms with Crippen LogP contribution in [0.1, 0.15) is 16.1 Å². The second-order valence-electron chi connectivity index (χ2n) is 3.50. The number of nitrogens with one attached hydrogen (secondary N) is 1. The number of H-pyrrole nitrogens is 1. The smallest absolute Gasteiger partial charge is 0.129 e. The minimum atomic E-state index is -1.27. The van der Waals surface area contributed by atoms with Crippen LogP contribution in [-0.2, 0) is 6.61 Å². The van der Waals surface area contributed by atoms with Crippen LogP contribution in [-0.4, -0.2) is 16.2 Å². The topological polar surface area (TPSA) is 78.0 Å². The fourth-order valence-electron chi connectivity index (χ4n) is 1.84. The summed E-state index contributed by atoms with van der Waals surface area (Å²) in [7, 11) is 0. The zero-order chi connectivity index (χ0) is 11.1.